The molecule has 3 heterocycles. The van der Waals surface area contributed by atoms with E-state index < -0.39 is 74.3 Å². The second kappa shape index (κ2) is 15.6. The molecular weight excluding hydrogens is 727 g/mol. The summed E-state index contributed by atoms with van der Waals surface area (Å²) in [5, 5.41) is 6.62. The fourth-order valence-electron chi connectivity index (χ4n) is 7.66. The minimum absolute atomic E-state index is 0.0164. The second-order valence-electron chi connectivity index (χ2n) is 17.0. The van der Waals surface area contributed by atoms with Crippen molar-refractivity contribution in [2.24, 2.45) is 17.8 Å². The molecule has 55 heavy (non-hydrogen) atoms. The zero-order valence-electron chi connectivity index (χ0n) is 32.8. The van der Waals surface area contributed by atoms with Crippen LogP contribution in [0.5, 0.6) is 11.6 Å². The summed E-state index contributed by atoms with van der Waals surface area (Å²) in [4.78, 5) is 62.1. The van der Waals surface area contributed by atoms with Crippen LogP contribution in [-0.4, -0.2) is 89.3 Å². The topological polar surface area (TPSA) is 182 Å². The molecule has 3 fully saturated rings. The first-order valence-electron chi connectivity index (χ1n) is 19.4. The Kier molecular flexibility index (Phi) is 11.4. The maximum atomic E-state index is 14.8. The van der Waals surface area contributed by atoms with E-state index in [0.717, 1.165) is 11.8 Å². The van der Waals surface area contributed by atoms with Gasteiger partial charge >= 0.3 is 6.09 Å². The van der Waals surface area contributed by atoms with E-state index >= 15 is 0 Å². The van der Waals surface area contributed by atoms with Gasteiger partial charge in [0.05, 0.1) is 17.9 Å². The highest BCUT2D eigenvalue weighted by atomic mass is 32.2. The quantitative estimate of drug-likeness (QED) is 0.316. The highest BCUT2D eigenvalue weighted by molar-refractivity contribution is 7.91. The second-order valence-corrected chi connectivity index (χ2v) is 19.0. The predicted octanol–water partition coefficient (Wildman–Crippen LogP) is 4.76. The highest BCUT2D eigenvalue weighted by Crippen LogP contribution is 2.46. The molecule has 1 aromatic heterocycles. The van der Waals surface area contributed by atoms with Crippen molar-refractivity contribution in [3.63, 3.8) is 0 Å². The zero-order valence-corrected chi connectivity index (χ0v) is 33.6. The summed E-state index contributed by atoms with van der Waals surface area (Å²) >= 11 is 0. The lowest BCUT2D eigenvalue weighted by atomic mass is 9.88. The maximum absolute atomic E-state index is 14.8. The van der Waals surface area contributed by atoms with Crippen LogP contribution in [0.2, 0.25) is 0 Å². The highest BCUT2D eigenvalue weighted by Gasteiger charge is 2.62. The van der Waals surface area contributed by atoms with Crippen molar-refractivity contribution in [3.8, 4) is 11.6 Å². The van der Waals surface area contributed by atoms with Gasteiger partial charge in [0.1, 0.15) is 35.1 Å². The average molecular weight is 782 g/mol. The number of carbonyl (C=O) groups is 4. The van der Waals surface area contributed by atoms with Crippen molar-refractivity contribution >= 4 is 44.6 Å². The number of allylic oxidation sites excluding steroid dienone is 1. The monoisotopic (exact) mass is 781 g/mol. The van der Waals surface area contributed by atoms with Gasteiger partial charge in [-0.2, -0.15) is 0 Å². The molecule has 15 heteroatoms. The standard InChI is InChI=1S/C40H55N5O9S/c1-23(2)52-28-12-15-31-26(19-28)16-17-41-35(31)53-29-20-32-34(46)43-40(37(48)44-55(50,51)30-13-14-30)21-27(40)11-9-8-10-24(3)18-25(4)33(36(47)45(32)22-29)42-38(49)54-39(5,6)7/h9,11-12,15-17,19,23-25,27,29-30,32-33H,8,10,13-14,18,20-22H2,1-7H3,(H,42,49)(H,43,46)(H,44,48)/b11-9-/t24-,25-,27?,29-,32+,33?,40-/m1/s1. The molecule has 2 unspecified atom stereocenters. The predicted molar refractivity (Wildman–Crippen MR) is 206 cm³/mol. The van der Waals surface area contributed by atoms with Gasteiger partial charge in [-0.3, -0.25) is 19.1 Å². The molecule has 2 aliphatic carbocycles. The van der Waals surface area contributed by atoms with Gasteiger partial charge in [0.2, 0.25) is 27.7 Å². The summed E-state index contributed by atoms with van der Waals surface area (Å²) in [5.41, 5.74) is -2.33. The van der Waals surface area contributed by atoms with Crippen molar-refractivity contribution in [1.29, 1.82) is 0 Å². The molecule has 1 saturated heterocycles. The first-order chi connectivity index (χ1) is 25.8. The number of ether oxygens (including phenoxy) is 3. The number of pyridine rings is 1. The lowest BCUT2D eigenvalue weighted by molar-refractivity contribution is -0.142. The molecule has 1 aromatic carbocycles. The van der Waals surface area contributed by atoms with Gasteiger partial charge in [0.15, 0.2) is 0 Å². The molecule has 2 aliphatic heterocycles. The Morgan fingerprint density at radius 2 is 1.82 bits per heavy atom. The third kappa shape index (κ3) is 9.53. The number of benzene rings is 1. The average Bonchev–Trinajstić information content (AvgIpc) is 4.01. The van der Waals surface area contributed by atoms with E-state index in [1.807, 2.05) is 57.2 Å². The molecule has 2 aromatic rings. The van der Waals surface area contributed by atoms with Crippen LogP contribution in [0.25, 0.3) is 10.8 Å². The van der Waals surface area contributed by atoms with Crippen LogP contribution in [0, 0.1) is 17.8 Å². The number of nitrogens with one attached hydrogen (secondary N) is 3. The molecule has 0 spiro atoms. The number of nitrogens with zero attached hydrogens (tertiary/aromatic N) is 2. The van der Waals surface area contributed by atoms with Crippen molar-refractivity contribution in [2.45, 2.75) is 134 Å². The molecule has 4 aliphatic rings. The summed E-state index contributed by atoms with van der Waals surface area (Å²) in [7, 11) is -3.90. The summed E-state index contributed by atoms with van der Waals surface area (Å²) in [6, 6.07) is 5.25. The molecule has 3 N–H and O–H groups in total. The summed E-state index contributed by atoms with van der Waals surface area (Å²) in [6.07, 6.45) is 7.23. The Hall–Kier alpha value is -4.40. The van der Waals surface area contributed by atoms with Gasteiger partial charge < -0.3 is 29.7 Å². The first kappa shape index (κ1) is 40.3. The van der Waals surface area contributed by atoms with Crippen LogP contribution in [0.15, 0.2) is 42.6 Å². The van der Waals surface area contributed by atoms with Crippen LogP contribution in [0.4, 0.5) is 4.79 Å². The minimum Gasteiger partial charge on any atom is -0.491 e. The van der Waals surface area contributed by atoms with Crippen LogP contribution in [-0.2, 0) is 29.1 Å². The fraction of sp³-hybridized carbons (Fsp3) is 0.625. The SMILES string of the molecule is CC(C)Oc1ccc2c(O[C@@H]3C[C@H]4C(=O)N[C@]5(C(=O)NS(=O)(=O)C6CC6)CC5/C=C\CC[C@@H](C)C[C@@H](C)C(NC(=O)OC(C)(C)C)C(=O)N4C3)nccc2c1. The van der Waals surface area contributed by atoms with Gasteiger partial charge in [-0.1, -0.05) is 26.0 Å². The number of carbonyl (C=O) groups excluding carboxylic acids is 4. The van der Waals surface area contributed by atoms with Crippen LogP contribution >= 0.6 is 0 Å². The first-order valence-corrected chi connectivity index (χ1v) is 21.0. The molecule has 7 atom stereocenters. The molecule has 14 nitrogen and oxygen atoms in total. The number of alkyl carbamates (subject to hydrolysis) is 1. The van der Waals surface area contributed by atoms with E-state index in [0.29, 0.717) is 42.7 Å². The number of sulfonamides is 1. The summed E-state index contributed by atoms with van der Waals surface area (Å²) in [6.45, 7) is 13.1. The molecular formula is C40H55N5O9S. The largest absolute Gasteiger partial charge is 0.491 e. The number of aromatic nitrogens is 1. The Morgan fingerprint density at radius 3 is 2.51 bits per heavy atom. The molecule has 4 amide bonds. The minimum atomic E-state index is -3.90. The Morgan fingerprint density at radius 1 is 1.07 bits per heavy atom. The van der Waals surface area contributed by atoms with Gasteiger partial charge in [0, 0.05) is 23.9 Å². The molecule has 2 saturated carbocycles. The molecule has 6 rings (SSSR count). The van der Waals surface area contributed by atoms with Crippen LogP contribution in [0.1, 0.15) is 93.4 Å². The summed E-state index contributed by atoms with van der Waals surface area (Å²) in [5.74, 6) is -1.52. The van der Waals surface area contributed by atoms with Crippen molar-refractivity contribution in [2.75, 3.05) is 6.54 Å². The maximum Gasteiger partial charge on any atom is 0.408 e. The Labute approximate surface area is 323 Å². The van der Waals surface area contributed by atoms with Crippen molar-refractivity contribution < 1.29 is 41.8 Å². The van der Waals surface area contributed by atoms with E-state index in [-0.39, 0.29) is 37.3 Å². The van der Waals surface area contributed by atoms with E-state index in [2.05, 4.69) is 27.3 Å². The van der Waals surface area contributed by atoms with Gasteiger partial charge in [-0.25, -0.2) is 18.2 Å². The zero-order chi connectivity index (χ0) is 39.9. The number of hydrogen-bond donors (Lipinski definition) is 3. The molecule has 0 bridgehead atoms. The fourth-order valence-corrected chi connectivity index (χ4v) is 9.02. The normalized spacial score (nSPS) is 29.6. The van der Waals surface area contributed by atoms with E-state index in [1.54, 1.807) is 27.0 Å². The van der Waals surface area contributed by atoms with E-state index in [1.165, 1.54) is 4.90 Å². The van der Waals surface area contributed by atoms with E-state index in [9.17, 15) is 27.6 Å². The lowest BCUT2D eigenvalue weighted by Crippen LogP contribution is -2.59. The molecule has 300 valence electrons. The third-order valence-electron chi connectivity index (χ3n) is 10.6. The van der Waals surface area contributed by atoms with E-state index in [4.69, 9.17) is 14.2 Å². The third-order valence-corrected chi connectivity index (χ3v) is 12.5. The van der Waals surface area contributed by atoms with Crippen LogP contribution in [0.3, 0.4) is 0 Å². The Balaban J connectivity index is 1.33. The van der Waals surface area contributed by atoms with Crippen LogP contribution < -0.4 is 24.8 Å². The number of hydrogen-bond acceptors (Lipinski definition) is 10. The number of fused-ring (bicyclic) bond motifs is 3. The number of amides is 4. The van der Waals surface area contributed by atoms with Gasteiger partial charge in [-0.15, -0.1) is 0 Å². The smallest absolute Gasteiger partial charge is 0.408 e. The van der Waals surface area contributed by atoms with Gasteiger partial charge in [0.25, 0.3) is 5.91 Å². The molecule has 0 radical (unpaired) electrons. The Bertz CT molecular complexity index is 1940. The van der Waals surface area contributed by atoms with Crippen molar-refractivity contribution in [3.05, 3.63) is 42.6 Å². The van der Waals surface area contributed by atoms with Crippen molar-refractivity contribution in [1.82, 2.24) is 25.2 Å². The summed E-state index contributed by atoms with van der Waals surface area (Å²) < 4.78 is 45.9. The number of rotatable bonds is 8. The van der Waals surface area contributed by atoms with Gasteiger partial charge in [-0.05, 0) is 115 Å². The lowest BCUT2D eigenvalue weighted by Gasteiger charge is -2.33.